The summed E-state index contributed by atoms with van der Waals surface area (Å²) >= 11 is 0. The van der Waals surface area contributed by atoms with E-state index in [-0.39, 0.29) is 23.4 Å². The van der Waals surface area contributed by atoms with Gasteiger partial charge in [-0.3, -0.25) is 9.59 Å². The summed E-state index contributed by atoms with van der Waals surface area (Å²) in [5.41, 5.74) is 11.9. The molecule has 6 aromatic carbocycles. The van der Waals surface area contributed by atoms with Crippen molar-refractivity contribution in [2.45, 2.75) is 73.4 Å². The van der Waals surface area contributed by atoms with Crippen LogP contribution in [0, 0.1) is 13.8 Å². The molecule has 0 aliphatic heterocycles. The average Bonchev–Trinajstić information content (AvgIpc) is 3.72. The Kier molecular flexibility index (Phi) is 10.2. The molecule has 8 rings (SSSR count). The van der Waals surface area contributed by atoms with E-state index in [1.807, 2.05) is 100 Å². The van der Waals surface area contributed by atoms with Crippen LogP contribution in [-0.4, -0.2) is 32.4 Å². The van der Waals surface area contributed by atoms with E-state index in [1.165, 1.54) is 6.92 Å². The van der Waals surface area contributed by atoms with Crippen LogP contribution in [0.2, 0.25) is 0 Å². The van der Waals surface area contributed by atoms with Crippen LogP contribution in [0.1, 0.15) is 95.8 Å². The maximum atomic E-state index is 14.4. The fourth-order valence-corrected chi connectivity index (χ4v) is 8.58. The number of fused-ring (bicyclic) bond motifs is 6. The lowest BCUT2D eigenvalue weighted by Gasteiger charge is -2.18. The summed E-state index contributed by atoms with van der Waals surface area (Å²) in [6.07, 6.45) is 0. The number of aryl methyl sites for hydroxylation is 4. The molecule has 0 fully saturated rings. The van der Waals surface area contributed by atoms with Gasteiger partial charge in [-0.15, -0.1) is 0 Å². The van der Waals surface area contributed by atoms with Gasteiger partial charge in [-0.25, -0.2) is 4.79 Å². The molecule has 0 saturated heterocycles. The summed E-state index contributed by atoms with van der Waals surface area (Å²) in [5, 5.41) is 8.42. The van der Waals surface area contributed by atoms with Crippen molar-refractivity contribution in [1.29, 1.82) is 0 Å². The van der Waals surface area contributed by atoms with Crippen molar-refractivity contribution >= 4 is 66.9 Å². The Hall–Kier alpha value is -6.60. The number of ketones is 2. The Bertz CT molecular complexity index is 2980. The van der Waals surface area contributed by atoms with Crippen LogP contribution in [0.5, 0.6) is 0 Å². The van der Waals surface area contributed by atoms with Gasteiger partial charge in [0.05, 0.1) is 0 Å². The van der Waals surface area contributed by atoms with Gasteiger partial charge in [0.25, 0.3) is 0 Å². The standard InChI is InChI=1S/C51H47N3O4/c1-8-53-45-20-16-35(26-41(45)43-28-38(18-22-47(43)53)49(52-58-34(7)55)37-14-10-12-30(3)24-37)32(5)50(56)33(6)36-17-21-46-42(27-36)44-29-40(19-23-48(44)54(46)9-2)51(57)39-15-11-13-31(4)25-39/h10-29,32-33H,8-9H2,1-7H3. The second-order valence-electron chi connectivity index (χ2n) is 15.4. The van der Waals surface area contributed by atoms with Gasteiger partial charge in [-0.2, -0.15) is 0 Å². The number of Topliss-reactive ketones (excluding diaryl/α,β-unsaturated/α-hetero) is 1. The Morgan fingerprint density at radius 2 is 0.966 bits per heavy atom. The van der Waals surface area contributed by atoms with Gasteiger partial charge in [0.2, 0.25) is 0 Å². The quantitative estimate of drug-likeness (QED) is 0.0568. The lowest BCUT2D eigenvalue weighted by atomic mass is 9.85. The van der Waals surface area contributed by atoms with E-state index in [0.717, 1.165) is 90.1 Å². The minimum Gasteiger partial charge on any atom is -0.341 e. The van der Waals surface area contributed by atoms with E-state index in [2.05, 4.69) is 76.7 Å². The topological polar surface area (TPSA) is 82.7 Å². The zero-order chi connectivity index (χ0) is 40.8. The first-order valence-corrected chi connectivity index (χ1v) is 20.1. The largest absolute Gasteiger partial charge is 0.341 e. The molecule has 290 valence electrons. The molecule has 0 bridgehead atoms. The number of carbonyl (C=O) groups is 3. The van der Waals surface area contributed by atoms with Crippen LogP contribution in [0.25, 0.3) is 43.6 Å². The Morgan fingerprint density at radius 3 is 1.47 bits per heavy atom. The summed E-state index contributed by atoms with van der Waals surface area (Å²) in [7, 11) is 0. The van der Waals surface area contributed by atoms with E-state index in [9.17, 15) is 14.4 Å². The zero-order valence-corrected chi connectivity index (χ0v) is 34.1. The Balaban J connectivity index is 1.15. The monoisotopic (exact) mass is 765 g/mol. The molecular formula is C51H47N3O4. The van der Waals surface area contributed by atoms with Crippen LogP contribution in [0.4, 0.5) is 0 Å². The Labute approximate surface area is 338 Å². The van der Waals surface area contributed by atoms with Gasteiger partial charge in [0.15, 0.2) is 5.78 Å². The highest BCUT2D eigenvalue weighted by molar-refractivity contribution is 6.17. The molecule has 8 aromatic rings. The molecule has 0 saturated carbocycles. The predicted octanol–water partition coefficient (Wildman–Crippen LogP) is 11.6. The van der Waals surface area contributed by atoms with Crippen LogP contribution < -0.4 is 0 Å². The summed E-state index contributed by atoms with van der Waals surface area (Å²) < 4.78 is 4.55. The van der Waals surface area contributed by atoms with Crippen LogP contribution >= 0.6 is 0 Å². The minimum absolute atomic E-state index is 0.00590. The van der Waals surface area contributed by atoms with Crippen molar-refractivity contribution in [1.82, 2.24) is 9.13 Å². The van der Waals surface area contributed by atoms with Gasteiger partial charge in [0.1, 0.15) is 11.5 Å². The summed E-state index contributed by atoms with van der Waals surface area (Å²) in [6, 6.07) is 40.6. The molecule has 2 aromatic heterocycles. The fraction of sp³-hybridized carbons (Fsp3) is 0.216. The molecule has 2 heterocycles. The summed E-state index contributed by atoms with van der Waals surface area (Å²) in [4.78, 5) is 45.1. The van der Waals surface area contributed by atoms with E-state index < -0.39 is 5.97 Å². The molecule has 7 nitrogen and oxygen atoms in total. The lowest BCUT2D eigenvalue weighted by molar-refractivity contribution is -0.140. The SMILES string of the molecule is CCn1c2ccc(C(=O)c3cccc(C)c3)cc2c2cc(C(C)C(=O)C(C)c3ccc4c(c3)c3cc(C(=NOC(C)=O)c5cccc(C)c5)ccc3n4CC)ccc21. The van der Waals surface area contributed by atoms with Gasteiger partial charge in [-0.05, 0) is 106 Å². The maximum absolute atomic E-state index is 14.4. The molecule has 58 heavy (non-hydrogen) atoms. The first-order chi connectivity index (χ1) is 28.0. The van der Waals surface area contributed by atoms with Crippen molar-refractivity contribution in [3.05, 3.63) is 166 Å². The number of aromatic nitrogens is 2. The van der Waals surface area contributed by atoms with Crippen molar-refractivity contribution in [3.8, 4) is 0 Å². The molecule has 0 aliphatic rings. The first kappa shape index (κ1) is 38.3. The highest BCUT2D eigenvalue weighted by atomic mass is 16.7. The average molecular weight is 766 g/mol. The molecule has 0 aliphatic carbocycles. The number of hydrogen-bond donors (Lipinski definition) is 0. The number of nitrogens with zero attached hydrogens (tertiary/aromatic N) is 3. The normalized spacial score (nSPS) is 13.1. The molecule has 0 amide bonds. The summed E-state index contributed by atoms with van der Waals surface area (Å²) in [5.74, 6) is -1.11. The number of benzene rings is 6. The zero-order valence-electron chi connectivity index (χ0n) is 34.1. The molecular weight excluding hydrogens is 719 g/mol. The van der Waals surface area contributed by atoms with Gasteiger partial charge < -0.3 is 14.0 Å². The van der Waals surface area contributed by atoms with Gasteiger partial charge in [0, 0.05) is 97.7 Å². The molecule has 0 spiro atoms. The smallest absolute Gasteiger partial charge is 0.332 e. The van der Waals surface area contributed by atoms with Crippen molar-refractivity contribution in [3.63, 3.8) is 0 Å². The van der Waals surface area contributed by atoms with Gasteiger partial charge >= 0.3 is 5.97 Å². The van der Waals surface area contributed by atoms with E-state index >= 15 is 0 Å². The minimum atomic E-state index is -0.488. The van der Waals surface area contributed by atoms with E-state index in [0.29, 0.717) is 16.8 Å². The van der Waals surface area contributed by atoms with Crippen LogP contribution in [-0.2, 0) is 27.5 Å². The lowest BCUT2D eigenvalue weighted by Crippen LogP contribution is -2.16. The third-order valence-electron chi connectivity index (χ3n) is 11.6. The molecule has 0 radical (unpaired) electrons. The van der Waals surface area contributed by atoms with Crippen molar-refractivity contribution < 1.29 is 19.2 Å². The third-order valence-corrected chi connectivity index (χ3v) is 11.6. The second kappa shape index (κ2) is 15.4. The van der Waals surface area contributed by atoms with Crippen LogP contribution in [0.15, 0.2) is 126 Å². The number of hydrogen-bond acceptors (Lipinski definition) is 5. The number of carbonyl (C=O) groups excluding carboxylic acids is 3. The first-order valence-electron chi connectivity index (χ1n) is 20.1. The van der Waals surface area contributed by atoms with E-state index in [1.54, 1.807) is 0 Å². The second-order valence-corrected chi connectivity index (χ2v) is 15.4. The molecule has 0 N–H and O–H groups in total. The molecule has 7 heteroatoms. The predicted molar refractivity (Wildman–Crippen MR) is 235 cm³/mol. The van der Waals surface area contributed by atoms with Crippen molar-refractivity contribution in [2.75, 3.05) is 0 Å². The van der Waals surface area contributed by atoms with E-state index in [4.69, 9.17) is 4.84 Å². The number of rotatable bonds is 11. The summed E-state index contributed by atoms with van der Waals surface area (Å²) in [6.45, 7) is 15.2. The fourth-order valence-electron chi connectivity index (χ4n) is 8.58. The number of oxime groups is 1. The highest BCUT2D eigenvalue weighted by Gasteiger charge is 2.25. The van der Waals surface area contributed by atoms with Crippen LogP contribution in [0.3, 0.4) is 0 Å². The molecule has 2 unspecified atom stereocenters. The van der Waals surface area contributed by atoms with Crippen molar-refractivity contribution in [2.24, 2.45) is 5.16 Å². The Morgan fingerprint density at radius 1 is 0.552 bits per heavy atom. The molecule has 2 atom stereocenters. The third kappa shape index (κ3) is 6.81. The van der Waals surface area contributed by atoms with Gasteiger partial charge in [-0.1, -0.05) is 84.7 Å². The highest BCUT2D eigenvalue weighted by Crippen LogP contribution is 2.37. The maximum Gasteiger partial charge on any atom is 0.332 e.